The van der Waals surface area contributed by atoms with Crippen molar-refractivity contribution in [3.05, 3.63) is 35.9 Å². The predicted octanol–water partition coefficient (Wildman–Crippen LogP) is 2.13. The van der Waals surface area contributed by atoms with E-state index in [0.29, 0.717) is 6.42 Å². The average Bonchev–Trinajstić information content (AvgIpc) is 3.06. The molecule has 2 fully saturated rings. The van der Waals surface area contributed by atoms with E-state index in [2.05, 4.69) is 0 Å². The maximum atomic E-state index is 12.7. The number of hydrogen-bond acceptors (Lipinski definition) is 5. The van der Waals surface area contributed by atoms with Crippen molar-refractivity contribution in [1.82, 2.24) is 9.21 Å². The second kappa shape index (κ2) is 7.26. The quantitative estimate of drug-likeness (QED) is 0.781. The molecule has 8 heteroatoms. The lowest BCUT2D eigenvalue weighted by molar-refractivity contribution is -0.124. The minimum atomic E-state index is -3.64. The van der Waals surface area contributed by atoms with Crippen molar-refractivity contribution in [3.63, 3.8) is 0 Å². The van der Waals surface area contributed by atoms with E-state index in [-0.39, 0.29) is 19.1 Å². The van der Waals surface area contributed by atoms with E-state index in [1.807, 2.05) is 37.3 Å². The molecule has 26 heavy (non-hydrogen) atoms. The number of amides is 2. The van der Waals surface area contributed by atoms with Crippen LogP contribution in [0.15, 0.2) is 30.3 Å². The standard InChI is InChI=1S/C18H24N2O5S/c1-3-7-14-10-16-15(11-17(21)20(16)26(2,23)24)19(14)18(22)25-12-13-8-5-4-6-9-13/h4-6,8-9,14-16H,3,7,10-12H2,1-2H3. The highest BCUT2D eigenvalue weighted by Crippen LogP contribution is 2.39. The van der Waals surface area contributed by atoms with Gasteiger partial charge in [0, 0.05) is 6.04 Å². The topological polar surface area (TPSA) is 84.0 Å². The number of ether oxygens (including phenoxy) is 1. The third-order valence-corrected chi connectivity index (χ3v) is 6.22. The summed E-state index contributed by atoms with van der Waals surface area (Å²) in [5.41, 5.74) is 0.879. The minimum absolute atomic E-state index is 0.0262. The Bertz CT molecular complexity index is 780. The van der Waals surface area contributed by atoms with Crippen molar-refractivity contribution >= 4 is 22.0 Å². The summed E-state index contributed by atoms with van der Waals surface area (Å²) < 4.78 is 30.4. The number of likely N-dealkylation sites (tertiary alicyclic amines) is 1. The van der Waals surface area contributed by atoms with Crippen molar-refractivity contribution < 1.29 is 22.7 Å². The molecule has 3 unspecified atom stereocenters. The molecular weight excluding hydrogens is 356 g/mol. The minimum Gasteiger partial charge on any atom is -0.445 e. The summed E-state index contributed by atoms with van der Waals surface area (Å²) in [6.07, 6.45) is 2.66. The van der Waals surface area contributed by atoms with Gasteiger partial charge in [-0.05, 0) is 18.4 Å². The Balaban J connectivity index is 1.78. The first-order chi connectivity index (χ1) is 12.3. The first-order valence-electron chi connectivity index (χ1n) is 8.84. The van der Waals surface area contributed by atoms with Crippen LogP contribution in [0.25, 0.3) is 0 Å². The van der Waals surface area contributed by atoms with Crippen LogP contribution in [0.1, 0.15) is 38.2 Å². The van der Waals surface area contributed by atoms with Gasteiger partial charge in [-0.1, -0.05) is 43.7 Å². The summed E-state index contributed by atoms with van der Waals surface area (Å²) in [4.78, 5) is 26.5. The van der Waals surface area contributed by atoms with Gasteiger partial charge >= 0.3 is 6.09 Å². The molecule has 0 aliphatic carbocycles. The Morgan fingerprint density at radius 2 is 1.92 bits per heavy atom. The molecule has 2 aliphatic heterocycles. The highest BCUT2D eigenvalue weighted by Gasteiger charge is 2.55. The molecule has 2 saturated heterocycles. The molecule has 2 aliphatic rings. The number of carbonyl (C=O) groups is 2. The lowest BCUT2D eigenvalue weighted by Gasteiger charge is -2.28. The SMILES string of the molecule is CCCC1CC2C(CC(=O)N2S(C)(=O)=O)N1C(=O)OCc1ccccc1. The fourth-order valence-electron chi connectivity index (χ4n) is 4.05. The second-order valence-electron chi connectivity index (χ2n) is 6.92. The van der Waals surface area contributed by atoms with Gasteiger partial charge in [0.25, 0.3) is 0 Å². The van der Waals surface area contributed by atoms with Gasteiger partial charge < -0.3 is 4.74 Å². The summed E-state index contributed by atoms with van der Waals surface area (Å²) in [5.74, 6) is -0.446. The molecule has 0 aromatic heterocycles. The Hall–Kier alpha value is -2.09. The van der Waals surface area contributed by atoms with Crippen LogP contribution < -0.4 is 0 Å². The molecule has 1 aromatic rings. The van der Waals surface area contributed by atoms with Gasteiger partial charge in [0.05, 0.1) is 24.8 Å². The van der Waals surface area contributed by atoms with E-state index in [0.717, 1.165) is 29.0 Å². The van der Waals surface area contributed by atoms with Crippen LogP contribution >= 0.6 is 0 Å². The Labute approximate surface area is 154 Å². The average molecular weight is 380 g/mol. The normalized spacial score (nSPS) is 25.5. The number of fused-ring (bicyclic) bond motifs is 1. The van der Waals surface area contributed by atoms with Crippen LogP contribution in [0, 0.1) is 0 Å². The van der Waals surface area contributed by atoms with Crippen molar-refractivity contribution in [3.8, 4) is 0 Å². The highest BCUT2D eigenvalue weighted by molar-refractivity contribution is 7.88. The zero-order chi connectivity index (χ0) is 18.9. The Morgan fingerprint density at radius 3 is 2.54 bits per heavy atom. The van der Waals surface area contributed by atoms with Gasteiger partial charge in [-0.3, -0.25) is 9.69 Å². The lowest BCUT2D eigenvalue weighted by Crippen LogP contribution is -2.43. The van der Waals surface area contributed by atoms with Crippen LogP contribution in [-0.4, -0.2) is 54.0 Å². The first kappa shape index (κ1) is 18.7. The summed E-state index contributed by atoms with van der Waals surface area (Å²) in [5, 5.41) is 0. The molecule has 3 atom stereocenters. The zero-order valence-electron chi connectivity index (χ0n) is 15.0. The molecular formula is C18H24N2O5S. The first-order valence-corrected chi connectivity index (χ1v) is 10.7. The van der Waals surface area contributed by atoms with Crippen LogP contribution in [0.4, 0.5) is 4.79 Å². The fourth-order valence-corrected chi connectivity index (χ4v) is 5.21. The van der Waals surface area contributed by atoms with Gasteiger partial charge in [-0.15, -0.1) is 0 Å². The number of carbonyl (C=O) groups excluding carboxylic acids is 2. The number of hydrogen-bond donors (Lipinski definition) is 0. The largest absolute Gasteiger partial charge is 0.445 e. The van der Waals surface area contributed by atoms with Crippen LogP contribution in [0.2, 0.25) is 0 Å². The van der Waals surface area contributed by atoms with Crippen LogP contribution in [0.5, 0.6) is 0 Å². The maximum Gasteiger partial charge on any atom is 0.410 e. The molecule has 2 amide bonds. The monoisotopic (exact) mass is 380 g/mol. The van der Waals surface area contributed by atoms with E-state index >= 15 is 0 Å². The number of nitrogens with zero attached hydrogens (tertiary/aromatic N) is 2. The smallest absolute Gasteiger partial charge is 0.410 e. The van der Waals surface area contributed by atoms with Gasteiger partial charge in [-0.25, -0.2) is 17.5 Å². The van der Waals surface area contributed by atoms with Crippen molar-refractivity contribution in [2.75, 3.05) is 6.26 Å². The van der Waals surface area contributed by atoms with Gasteiger partial charge in [0.15, 0.2) is 0 Å². The Morgan fingerprint density at radius 1 is 1.23 bits per heavy atom. The van der Waals surface area contributed by atoms with Gasteiger partial charge in [0.2, 0.25) is 15.9 Å². The molecule has 0 saturated carbocycles. The molecule has 2 heterocycles. The molecule has 3 rings (SSSR count). The predicted molar refractivity (Wildman–Crippen MR) is 95.7 cm³/mol. The summed E-state index contributed by atoms with van der Waals surface area (Å²) in [6, 6.07) is 8.31. The van der Waals surface area contributed by atoms with Crippen LogP contribution in [-0.2, 0) is 26.2 Å². The molecule has 142 valence electrons. The zero-order valence-corrected chi connectivity index (χ0v) is 15.8. The van der Waals surface area contributed by atoms with E-state index in [1.165, 1.54) is 0 Å². The van der Waals surface area contributed by atoms with E-state index in [9.17, 15) is 18.0 Å². The van der Waals surface area contributed by atoms with E-state index in [1.54, 1.807) is 4.90 Å². The molecule has 0 radical (unpaired) electrons. The van der Waals surface area contributed by atoms with Gasteiger partial charge in [0.1, 0.15) is 6.61 Å². The second-order valence-corrected chi connectivity index (χ2v) is 8.78. The molecule has 1 aromatic carbocycles. The van der Waals surface area contributed by atoms with Crippen molar-refractivity contribution in [2.45, 2.75) is 57.3 Å². The summed E-state index contributed by atoms with van der Waals surface area (Å²) in [7, 11) is -3.64. The summed E-state index contributed by atoms with van der Waals surface area (Å²) in [6.45, 7) is 2.16. The third kappa shape index (κ3) is 3.56. The molecule has 0 bridgehead atoms. The van der Waals surface area contributed by atoms with Crippen LogP contribution in [0.3, 0.4) is 0 Å². The van der Waals surface area contributed by atoms with Gasteiger partial charge in [-0.2, -0.15) is 0 Å². The fraction of sp³-hybridized carbons (Fsp3) is 0.556. The lowest BCUT2D eigenvalue weighted by atomic mass is 10.1. The maximum absolute atomic E-state index is 12.7. The van der Waals surface area contributed by atoms with Crippen molar-refractivity contribution in [2.24, 2.45) is 0 Å². The number of sulfonamides is 1. The summed E-state index contributed by atoms with van der Waals surface area (Å²) >= 11 is 0. The Kier molecular flexibility index (Phi) is 5.22. The van der Waals surface area contributed by atoms with E-state index < -0.39 is 34.1 Å². The molecule has 0 N–H and O–H groups in total. The van der Waals surface area contributed by atoms with E-state index in [4.69, 9.17) is 4.74 Å². The third-order valence-electron chi connectivity index (χ3n) is 5.03. The van der Waals surface area contributed by atoms with Crippen molar-refractivity contribution in [1.29, 1.82) is 0 Å². The molecule has 0 spiro atoms. The number of benzene rings is 1. The molecule has 7 nitrogen and oxygen atoms in total. The highest BCUT2D eigenvalue weighted by atomic mass is 32.2. The number of rotatable bonds is 5.